The summed E-state index contributed by atoms with van der Waals surface area (Å²) in [6, 6.07) is 0. The summed E-state index contributed by atoms with van der Waals surface area (Å²) in [7, 11) is 0. The molecule has 10 nitrogen and oxygen atoms in total. The molecule has 1 unspecified atom stereocenters. The quantitative estimate of drug-likeness (QED) is 0.491. The fraction of sp³-hybridized carbons (Fsp3) is 0.517. The minimum atomic E-state index is -4.99. The monoisotopic (exact) mass is 595 g/mol. The average Bonchev–Trinajstić information content (AvgIpc) is 3.56. The minimum Gasteiger partial charge on any atom is -0.457 e. The number of carbonyl (C=O) groups is 3. The van der Waals surface area contributed by atoms with Crippen LogP contribution in [0.2, 0.25) is 0 Å². The van der Waals surface area contributed by atoms with Crippen LogP contribution in [0.4, 0.5) is 13.2 Å². The van der Waals surface area contributed by atoms with E-state index in [-0.39, 0.29) is 48.1 Å². The lowest BCUT2D eigenvalue weighted by Gasteiger charge is -2.27. The average molecular weight is 596 g/mol. The molecule has 2 aliphatic heterocycles. The summed E-state index contributed by atoms with van der Waals surface area (Å²) in [6.07, 6.45) is 1.09. The molecule has 4 atom stereocenters. The maximum Gasteiger partial charge on any atom is 0.522 e. The van der Waals surface area contributed by atoms with Crippen molar-refractivity contribution in [2.45, 2.75) is 71.6 Å². The van der Waals surface area contributed by atoms with E-state index in [4.69, 9.17) is 9.15 Å². The molecule has 42 heavy (non-hydrogen) atoms. The molecular formula is C29H36F3N3O7. The van der Waals surface area contributed by atoms with Gasteiger partial charge in [-0.15, -0.1) is 13.2 Å². The van der Waals surface area contributed by atoms with Crippen LogP contribution in [0.5, 0.6) is 0 Å². The smallest absolute Gasteiger partial charge is 0.457 e. The Labute approximate surface area is 241 Å². The number of ether oxygens (including phenoxy) is 2. The third-order valence-corrected chi connectivity index (χ3v) is 6.61. The van der Waals surface area contributed by atoms with E-state index in [0.717, 1.165) is 6.26 Å². The van der Waals surface area contributed by atoms with Crippen LogP contribution in [0, 0.1) is 11.8 Å². The second-order valence-corrected chi connectivity index (χ2v) is 10.5. The molecule has 3 heterocycles. The van der Waals surface area contributed by atoms with Gasteiger partial charge in [0.05, 0.1) is 18.6 Å². The number of rotatable bonds is 2. The number of esters is 1. The van der Waals surface area contributed by atoms with Crippen LogP contribution in [-0.4, -0.2) is 70.5 Å². The number of carbonyl (C=O) groups excluding carboxylic acids is 3. The maximum atomic E-state index is 13.2. The summed E-state index contributed by atoms with van der Waals surface area (Å²) >= 11 is 0. The highest BCUT2D eigenvalue weighted by Gasteiger charge is 2.36. The van der Waals surface area contributed by atoms with Crippen molar-refractivity contribution >= 4 is 17.8 Å². The molecule has 2 bridgehead atoms. The molecule has 2 aliphatic rings. The van der Waals surface area contributed by atoms with Gasteiger partial charge < -0.3 is 24.5 Å². The summed E-state index contributed by atoms with van der Waals surface area (Å²) in [4.78, 5) is 43.9. The van der Waals surface area contributed by atoms with Gasteiger partial charge in [0.2, 0.25) is 5.91 Å². The first-order valence-corrected chi connectivity index (χ1v) is 13.6. The molecule has 0 aromatic carbocycles. The zero-order chi connectivity index (χ0) is 31.0. The summed E-state index contributed by atoms with van der Waals surface area (Å²) in [5.41, 5.74) is 0.349. The molecular weight excluding hydrogens is 559 g/mol. The van der Waals surface area contributed by atoms with Gasteiger partial charge in [-0.1, -0.05) is 56.7 Å². The normalized spacial score (nSPS) is 28.3. The Hall–Kier alpha value is -3.71. The van der Waals surface area contributed by atoms with Gasteiger partial charge in [0, 0.05) is 25.4 Å². The number of hydrogen-bond donors (Lipinski definition) is 2. The number of halogens is 3. The zero-order valence-electron chi connectivity index (χ0n) is 23.9. The molecule has 2 N–H and O–H groups in total. The molecule has 0 saturated carbocycles. The lowest BCUT2D eigenvalue weighted by Crippen LogP contribution is -2.36. The molecule has 0 spiro atoms. The van der Waals surface area contributed by atoms with Crippen molar-refractivity contribution in [3.05, 3.63) is 65.6 Å². The Morgan fingerprint density at radius 1 is 1.21 bits per heavy atom. The molecule has 0 aliphatic carbocycles. The van der Waals surface area contributed by atoms with Gasteiger partial charge in [0.25, 0.3) is 5.91 Å². The second-order valence-electron chi connectivity index (χ2n) is 10.5. The van der Waals surface area contributed by atoms with E-state index in [1.54, 1.807) is 38.2 Å². The maximum absolute atomic E-state index is 13.2. The second kappa shape index (κ2) is 14.5. The van der Waals surface area contributed by atoms with Crippen molar-refractivity contribution in [1.29, 1.82) is 0 Å². The molecule has 0 radical (unpaired) electrons. The number of aliphatic hydroxyl groups is 1. The van der Waals surface area contributed by atoms with E-state index in [1.807, 2.05) is 13.8 Å². The van der Waals surface area contributed by atoms with Gasteiger partial charge in [-0.2, -0.15) is 0 Å². The first-order chi connectivity index (χ1) is 19.7. The van der Waals surface area contributed by atoms with Gasteiger partial charge in [-0.05, 0) is 25.3 Å². The standard InChI is InChI=1S/C29H36F3N3O7/c1-17(2)26-19(4)9-10-24(37)33-11-5-7-18(3)13-20(36)14-21(42-29(30,31)32)15-25-34-22(16-40-25)27(38)35-12-6-8-23(35)28(39)41-26/h5,7-10,13,16-17,19-21,26,36H,6,11-12,14-15H2,1-4H3,(H,33,37)/b7-5+,10-9+,18-13+/t19-,20-,21-,26?/m1/s1. The van der Waals surface area contributed by atoms with Gasteiger partial charge in [-0.3, -0.25) is 14.3 Å². The van der Waals surface area contributed by atoms with Gasteiger partial charge in [0.15, 0.2) is 11.6 Å². The fourth-order valence-electron chi connectivity index (χ4n) is 4.71. The first kappa shape index (κ1) is 32.8. The van der Waals surface area contributed by atoms with Gasteiger partial charge in [-0.25, -0.2) is 9.78 Å². The summed E-state index contributed by atoms with van der Waals surface area (Å²) in [5.74, 6) is -2.45. The number of aliphatic hydroxyl groups excluding tert-OH is 1. The van der Waals surface area contributed by atoms with E-state index in [9.17, 15) is 32.7 Å². The molecule has 13 heteroatoms. The van der Waals surface area contributed by atoms with E-state index >= 15 is 0 Å². The molecule has 1 aromatic heterocycles. The van der Waals surface area contributed by atoms with E-state index in [1.165, 1.54) is 17.1 Å². The highest BCUT2D eigenvalue weighted by Crippen LogP contribution is 2.26. The van der Waals surface area contributed by atoms with Crippen LogP contribution in [0.15, 0.2) is 58.4 Å². The Kier molecular flexibility index (Phi) is 11.3. The van der Waals surface area contributed by atoms with Gasteiger partial charge in [0.1, 0.15) is 18.1 Å². The number of alkyl halides is 3. The van der Waals surface area contributed by atoms with Crippen LogP contribution in [0.3, 0.4) is 0 Å². The van der Waals surface area contributed by atoms with Crippen LogP contribution in [0.25, 0.3) is 0 Å². The Morgan fingerprint density at radius 3 is 2.64 bits per heavy atom. The highest BCUT2D eigenvalue weighted by atomic mass is 19.4. The third kappa shape index (κ3) is 9.69. The summed E-state index contributed by atoms with van der Waals surface area (Å²) in [5, 5.41) is 13.1. The first-order valence-electron chi connectivity index (χ1n) is 13.6. The van der Waals surface area contributed by atoms with Crippen LogP contribution < -0.4 is 5.32 Å². The number of amides is 2. The summed E-state index contributed by atoms with van der Waals surface area (Å²) < 4.78 is 54.6. The Morgan fingerprint density at radius 2 is 1.95 bits per heavy atom. The number of oxazole rings is 1. The number of nitrogens with zero attached hydrogens (tertiary/aromatic N) is 2. The Balaban J connectivity index is 1.92. The number of allylic oxidation sites excluding steroid dienone is 2. The lowest BCUT2D eigenvalue weighted by atomic mass is 9.94. The Bertz CT molecular complexity index is 1250. The van der Waals surface area contributed by atoms with Crippen molar-refractivity contribution < 1.29 is 46.6 Å². The van der Waals surface area contributed by atoms with Crippen LogP contribution in [0.1, 0.15) is 56.9 Å². The SMILES string of the molecule is CC1=C\[C@@H](O)C[C@@H](OC(F)(F)F)Cc2nc(co2)C(=O)N2CCC=C2C(=O)OC(C(C)C)[C@H](C)/C=C/C(=O)NC\C=C\1. The topological polar surface area (TPSA) is 131 Å². The largest absolute Gasteiger partial charge is 0.522 e. The van der Waals surface area contributed by atoms with E-state index in [2.05, 4.69) is 15.0 Å². The number of cyclic esters (lactones) is 1. The zero-order valence-corrected chi connectivity index (χ0v) is 23.9. The van der Waals surface area contributed by atoms with E-state index in [0.29, 0.717) is 12.0 Å². The minimum absolute atomic E-state index is 0.0119. The van der Waals surface area contributed by atoms with Crippen molar-refractivity contribution in [2.75, 3.05) is 13.1 Å². The third-order valence-electron chi connectivity index (χ3n) is 6.61. The number of aromatic nitrogens is 1. The number of hydrogen-bond acceptors (Lipinski definition) is 8. The fourth-order valence-corrected chi connectivity index (χ4v) is 4.71. The van der Waals surface area contributed by atoms with Crippen molar-refractivity contribution in [2.24, 2.45) is 11.8 Å². The summed E-state index contributed by atoms with van der Waals surface area (Å²) in [6.45, 7) is 7.51. The van der Waals surface area contributed by atoms with Crippen molar-refractivity contribution in [1.82, 2.24) is 15.2 Å². The molecule has 0 saturated heterocycles. The lowest BCUT2D eigenvalue weighted by molar-refractivity contribution is -0.344. The number of nitrogens with one attached hydrogen (secondary N) is 1. The molecule has 0 fully saturated rings. The molecule has 230 valence electrons. The van der Waals surface area contributed by atoms with Gasteiger partial charge >= 0.3 is 12.3 Å². The predicted octanol–water partition coefficient (Wildman–Crippen LogP) is 4.00. The molecule has 1 aromatic rings. The predicted molar refractivity (Wildman–Crippen MR) is 144 cm³/mol. The molecule has 2 amide bonds. The van der Waals surface area contributed by atoms with Crippen LogP contribution in [-0.2, 0) is 25.5 Å². The van der Waals surface area contributed by atoms with Crippen LogP contribution >= 0.6 is 0 Å². The highest BCUT2D eigenvalue weighted by molar-refractivity contribution is 6.00. The molecule has 3 rings (SSSR count). The van der Waals surface area contributed by atoms with E-state index < -0.39 is 49.4 Å². The van der Waals surface area contributed by atoms with Crippen molar-refractivity contribution in [3.63, 3.8) is 0 Å². The number of fused-ring (bicyclic) bond motifs is 3. The van der Waals surface area contributed by atoms with Crippen molar-refractivity contribution in [3.8, 4) is 0 Å².